The molecule has 20 heavy (non-hydrogen) atoms. The molecule has 1 N–H and O–H groups in total. The number of piperidine rings is 1. The molecule has 0 aromatic heterocycles. The number of rotatable bonds is 7. The lowest BCUT2D eigenvalue weighted by atomic mass is 9.92. The van der Waals surface area contributed by atoms with Crippen LogP contribution in [-0.4, -0.2) is 55.4 Å². The summed E-state index contributed by atoms with van der Waals surface area (Å²) in [5.74, 6) is 0.205. The van der Waals surface area contributed by atoms with Gasteiger partial charge in [-0.1, -0.05) is 0 Å². The number of likely N-dealkylation sites (tertiary alicyclic amines) is 1. The van der Waals surface area contributed by atoms with Gasteiger partial charge in [0.15, 0.2) is 0 Å². The van der Waals surface area contributed by atoms with Crippen LogP contribution in [0.4, 0.5) is 4.79 Å². The summed E-state index contributed by atoms with van der Waals surface area (Å²) in [4.78, 5) is 23.9. The van der Waals surface area contributed by atoms with Gasteiger partial charge in [0.05, 0.1) is 0 Å². The summed E-state index contributed by atoms with van der Waals surface area (Å²) in [7, 11) is -0.739. The van der Waals surface area contributed by atoms with Crippen LogP contribution in [0.15, 0.2) is 0 Å². The van der Waals surface area contributed by atoms with Crippen molar-refractivity contribution in [1.29, 1.82) is 0 Å². The van der Waals surface area contributed by atoms with Gasteiger partial charge >= 0.3 is 13.7 Å². The van der Waals surface area contributed by atoms with Crippen LogP contribution in [0.1, 0.15) is 25.7 Å². The lowest BCUT2D eigenvalue weighted by Crippen LogP contribution is -2.37. The minimum atomic E-state index is -3.27. The van der Waals surface area contributed by atoms with E-state index in [1.54, 1.807) is 0 Å². The monoisotopic (exact) mass is 307 g/mol. The number of ketones is 1. The molecule has 1 aliphatic rings. The van der Waals surface area contributed by atoms with Crippen LogP contribution >= 0.6 is 7.60 Å². The van der Waals surface area contributed by atoms with Crippen molar-refractivity contribution in [3.8, 4) is 0 Å². The SMILES string of the molecule is COP(=O)(CC(=O)CCC1CCN(C(=O)O)CC1)OC. The summed E-state index contributed by atoms with van der Waals surface area (Å²) in [6.45, 7) is 1.03. The van der Waals surface area contributed by atoms with Crippen LogP contribution in [0.2, 0.25) is 0 Å². The van der Waals surface area contributed by atoms with Gasteiger partial charge in [0.2, 0.25) is 0 Å². The second-order valence-corrected chi connectivity index (χ2v) is 7.19. The number of nitrogens with zero attached hydrogens (tertiary/aromatic N) is 1. The molecular weight excluding hydrogens is 285 g/mol. The molecule has 0 unspecified atom stereocenters. The van der Waals surface area contributed by atoms with Crippen LogP contribution in [0.25, 0.3) is 0 Å². The fourth-order valence-corrected chi connectivity index (χ4v) is 3.27. The smallest absolute Gasteiger partial charge is 0.407 e. The molecule has 8 heteroatoms. The number of hydrogen-bond donors (Lipinski definition) is 1. The van der Waals surface area contributed by atoms with Crippen LogP contribution in [0, 0.1) is 5.92 Å². The number of carbonyl (C=O) groups is 2. The highest BCUT2D eigenvalue weighted by Gasteiger charge is 2.27. The van der Waals surface area contributed by atoms with Crippen molar-refractivity contribution >= 4 is 19.5 Å². The third-order valence-corrected chi connectivity index (χ3v) is 5.50. The maximum Gasteiger partial charge on any atom is 0.407 e. The Morgan fingerprint density at radius 2 is 1.80 bits per heavy atom. The zero-order valence-electron chi connectivity index (χ0n) is 11.9. The summed E-state index contributed by atoms with van der Waals surface area (Å²) in [6.07, 6.45) is 1.47. The number of hydrogen-bond acceptors (Lipinski definition) is 5. The van der Waals surface area contributed by atoms with E-state index in [1.165, 1.54) is 19.1 Å². The lowest BCUT2D eigenvalue weighted by Gasteiger charge is -2.29. The van der Waals surface area contributed by atoms with E-state index in [0.717, 1.165) is 12.8 Å². The molecule has 0 saturated carbocycles. The lowest BCUT2D eigenvalue weighted by molar-refractivity contribution is -0.117. The minimum Gasteiger partial charge on any atom is -0.465 e. The highest BCUT2D eigenvalue weighted by atomic mass is 31.2. The topological polar surface area (TPSA) is 93.1 Å². The molecule has 1 heterocycles. The molecule has 0 aromatic rings. The zero-order chi connectivity index (χ0) is 15.2. The predicted molar refractivity (Wildman–Crippen MR) is 73.1 cm³/mol. The van der Waals surface area contributed by atoms with Crippen LogP contribution in [0.3, 0.4) is 0 Å². The van der Waals surface area contributed by atoms with E-state index in [4.69, 9.17) is 14.2 Å². The minimum absolute atomic E-state index is 0.141. The molecule has 0 aliphatic carbocycles. The van der Waals surface area contributed by atoms with E-state index >= 15 is 0 Å². The summed E-state index contributed by atoms with van der Waals surface area (Å²) in [5.41, 5.74) is 0. The molecule has 1 fully saturated rings. The highest BCUT2D eigenvalue weighted by Crippen LogP contribution is 2.46. The van der Waals surface area contributed by atoms with E-state index in [1.807, 2.05) is 0 Å². The maximum absolute atomic E-state index is 11.8. The van der Waals surface area contributed by atoms with Crippen molar-refractivity contribution in [1.82, 2.24) is 4.90 Å². The molecule has 1 saturated heterocycles. The number of carbonyl (C=O) groups excluding carboxylic acids is 1. The Labute approximate surface area is 118 Å². The van der Waals surface area contributed by atoms with Crippen molar-refractivity contribution in [3.63, 3.8) is 0 Å². The summed E-state index contributed by atoms with van der Waals surface area (Å²) in [6, 6.07) is 0. The van der Waals surface area contributed by atoms with E-state index < -0.39 is 13.7 Å². The van der Waals surface area contributed by atoms with E-state index in [2.05, 4.69) is 0 Å². The van der Waals surface area contributed by atoms with Gasteiger partial charge in [0.1, 0.15) is 11.9 Å². The third-order valence-electron chi connectivity index (χ3n) is 3.64. The number of Topliss-reactive ketones (excluding diaryl/α,β-unsaturated/α-hetero) is 1. The van der Waals surface area contributed by atoms with E-state index in [-0.39, 0.29) is 11.9 Å². The van der Waals surface area contributed by atoms with Crippen molar-refractivity contribution in [2.45, 2.75) is 25.7 Å². The van der Waals surface area contributed by atoms with Crippen molar-refractivity contribution in [2.24, 2.45) is 5.92 Å². The first-order valence-electron chi connectivity index (χ1n) is 6.60. The average Bonchev–Trinajstić information content (AvgIpc) is 2.45. The second-order valence-electron chi connectivity index (χ2n) is 4.92. The van der Waals surface area contributed by atoms with Gasteiger partial charge in [-0.2, -0.15) is 0 Å². The first-order chi connectivity index (χ1) is 9.40. The molecule has 1 aliphatic heterocycles. The van der Waals surface area contributed by atoms with Gasteiger partial charge in [-0.15, -0.1) is 0 Å². The largest absolute Gasteiger partial charge is 0.465 e. The zero-order valence-corrected chi connectivity index (χ0v) is 12.8. The molecule has 7 nitrogen and oxygen atoms in total. The number of amides is 1. The standard InChI is InChI=1S/C12H22NO6P/c1-18-20(17,19-2)9-11(14)4-3-10-5-7-13(8-6-10)12(15)16/h10H,3-9H2,1-2H3,(H,15,16). The van der Waals surface area contributed by atoms with Gasteiger partial charge in [-0.05, 0) is 25.2 Å². The quantitative estimate of drug-likeness (QED) is 0.725. The van der Waals surface area contributed by atoms with Gasteiger partial charge in [-0.3, -0.25) is 9.36 Å². The summed E-state index contributed by atoms with van der Waals surface area (Å²) in [5, 5.41) is 8.84. The maximum atomic E-state index is 11.8. The Morgan fingerprint density at radius 3 is 2.25 bits per heavy atom. The van der Waals surface area contributed by atoms with E-state index in [9.17, 15) is 14.2 Å². The molecule has 0 aromatic carbocycles. The Bertz CT molecular complexity index is 383. The number of carboxylic acid groups (broad SMARTS) is 1. The molecule has 1 amide bonds. The van der Waals surface area contributed by atoms with Gasteiger partial charge in [0.25, 0.3) is 0 Å². The molecular formula is C12H22NO6P. The molecule has 116 valence electrons. The normalized spacial score (nSPS) is 17.2. The first kappa shape index (κ1) is 17.1. The fraction of sp³-hybridized carbons (Fsp3) is 0.833. The van der Waals surface area contributed by atoms with Gasteiger partial charge in [-0.25, -0.2) is 4.79 Å². The molecule has 0 atom stereocenters. The fourth-order valence-electron chi connectivity index (χ4n) is 2.28. The third kappa shape index (κ3) is 5.23. The Morgan fingerprint density at radius 1 is 1.25 bits per heavy atom. The second kappa shape index (κ2) is 7.76. The van der Waals surface area contributed by atoms with Crippen molar-refractivity contribution in [2.75, 3.05) is 33.5 Å². The average molecular weight is 307 g/mol. The molecule has 1 rings (SSSR count). The Hall–Kier alpha value is -0.910. The highest BCUT2D eigenvalue weighted by molar-refractivity contribution is 7.54. The van der Waals surface area contributed by atoms with Crippen LogP contribution < -0.4 is 0 Å². The van der Waals surface area contributed by atoms with Gasteiger partial charge < -0.3 is 19.1 Å². The van der Waals surface area contributed by atoms with Crippen LogP contribution in [-0.2, 0) is 18.4 Å². The summed E-state index contributed by atoms with van der Waals surface area (Å²) < 4.78 is 21.3. The predicted octanol–water partition coefficient (Wildman–Crippen LogP) is 2.21. The Kier molecular flexibility index (Phi) is 6.65. The van der Waals surface area contributed by atoms with Gasteiger partial charge in [0, 0.05) is 33.7 Å². The van der Waals surface area contributed by atoms with Crippen LogP contribution in [0.5, 0.6) is 0 Å². The molecule has 0 radical (unpaired) electrons. The molecule has 0 spiro atoms. The summed E-state index contributed by atoms with van der Waals surface area (Å²) >= 11 is 0. The van der Waals surface area contributed by atoms with Crippen molar-refractivity contribution in [3.05, 3.63) is 0 Å². The first-order valence-corrected chi connectivity index (χ1v) is 8.33. The van der Waals surface area contributed by atoms with E-state index in [0.29, 0.717) is 31.8 Å². The molecule has 0 bridgehead atoms. The Balaban J connectivity index is 2.29. The van der Waals surface area contributed by atoms with Crippen molar-refractivity contribution < 1.29 is 28.3 Å².